The van der Waals surface area contributed by atoms with E-state index in [1.54, 1.807) is 0 Å². The van der Waals surface area contributed by atoms with Gasteiger partial charge in [-0.2, -0.15) is 13.9 Å². The van der Waals surface area contributed by atoms with Crippen LogP contribution in [0, 0.1) is 12.7 Å². The molecule has 3 aromatic carbocycles. The van der Waals surface area contributed by atoms with E-state index >= 15 is 4.39 Å². The molecule has 0 unspecified atom stereocenters. The number of aliphatic hydroxyl groups excluding tert-OH is 1. The van der Waals surface area contributed by atoms with Gasteiger partial charge in [0, 0.05) is 43.0 Å². The molecule has 2 aromatic heterocycles. The van der Waals surface area contributed by atoms with Crippen molar-refractivity contribution in [3.05, 3.63) is 89.8 Å². The SMILES string of the molecule is Cc1nc(-c2cc(-c3cc(F)c(CO)c(S(C)(=O)=O)c3)ccc2-n2ccc(C(C)(F)F)n2)c(-c2ccc(OC(F)(F)F)cc2)o1. The van der Waals surface area contributed by atoms with Gasteiger partial charge in [-0.3, -0.25) is 0 Å². The topological polar surface area (TPSA) is 107 Å². The maximum atomic E-state index is 15.0. The molecule has 0 aliphatic heterocycles. The number of halogens is 6. The molecular weight excluding hydrogens is 628 g/mol. The van der Waals surface area contributed by atoms with Crippen LogP contribution in [0.1, 0.15) is 24.1 Å². The van der Waals surface area contributed by atoms with Crippen molar-refractivity contribution in [1.82, 2.24) is 14.8 Å². The summed E-state index contributed by atoms with van der Waals surface area (Å²) >= 11 is 0. The van der Waals surface area contributed by atoms with E-state index in [1.165, 1.54) is 49.5 Å². The summed E-state index contributed by atoms with van der Waals surface area (Å²) in [6.07, 6.45) is -2.75. The number of sulfone groups is 1. The highest BCUT2D eigenvalue weighted by Crippen LogP contribution is 2.40. The van der Waals surface area contributed by atoms with E-state index in [0.717, 1.165) is 35.2 Å². The summed E-state index contributed by atoms with van der Waals surface area (Å²) in [6, 6.07) is 12.6. The number of oxazole rings is 1. The third-order valence-corrected chi connectivity index (χ3v) is 7.83. The van der Waals surface area contributed by atoms with Crippen LogP contribution >= 0.6 is 0 Å². The number of aromatic nitrogens is 3. The second kappa shape index (κ2) is 11.4. The lowest BCUT2D eigenvalue weighted by Gasteiger charge is -2.14. The Hall–Kier alpha value is -4.63. The van der Waals surface area contributed by atoms with Crippen LogP contribution in [0.15, 0.2) is 76.2 Å². The van der Waals surface area contributed by atoms with Crippen molar-refractivity contribution in [3.8, 4) is 45.1 Å². The summed E-state index contributed by atoms with van der Waals surface area (Å²) in [4.78, 5) is 4.02. The fourth-order valence-electron chi connectivity index (χ4n) is 4.67. The van der Waals surface area contributed by atoms with E-state index in [9.17, 15) is 35.5 Å². The van der Waals surface area contributed by atoms with Crippen LogP contribution in [-0.4, -0.2) is 40.9 Å². The second-order valence-electron chi connectivity index (χ2n) is 10.1. The molecule has 45 heavy (non-hydrogen) atoms. The van der Waals surface area contributed by atoms with Crippen LogP contribution in [0.4, 0.5) is 26.3 Å². The molecule has 236 valence electrons. The van der Waals surface area contributed by atoms with Crippen molar-refractivity contribution in [2.24, 2.45) is 0 Å². The number of benzene rings is 3. The Balaban J connectivity index is 1.73. The molecule has 5 aromatic rings. The van der Waals surface area contributed by atoms with E-state index in [-0.39, 0.29) is 45.3 Å². The zero-order chi connectivity index (χ0) is 32.9. The third kappa shape index (κ3) is 6.73. The van der Waals surface area contributed by atoms with E-state index in [0.29, 0.717) is 6.92 Å². The molecule has 0 atom stereocenters. The van der Waals surface area contributed by atoms with Gasteiger partial charge in [0.25, 0.3) is 5.92 Å². The summed E-state index contributed by atoms with van der Waals surface area (Å²) in [6.45, 7) is 1.33. The molecule has 15 heteroatoms. The van der Waals surface area contributed by atoms with Gasteiger partial charge in [0.1, 0.15) is 23.0 Å². The average molecular weight is 652 g/mol. The number of aryl methyl sites for hydroxylation is 1. The van der Waals surface area contributed by atoms with Crippen molar-refractivity contribution in [1.29, 1.82) is 0 Å². The quantitative estimate of drug-likeness (QED) is 0.177. The minimum atomic E-state index is -4.91. The highest BCUT2D eigenvalue weighted by atomic mass is 32.2. The normalized spacial score (nSPS) is 12.5. The predicted molar refractivity (Wildman–Crippen MR) is 150 cm³/mol. The molecule has 5 rings (SSSR count). The smallest absolute Gasteiger partial charge is 0.440 e. The van der Waals surface area contributed by atoms with Gasteiger partial charge in [-0.25, -0.2) is 22.5 Å². The zero-order valence-electron chi connectivity index (χ0n) is 23.7. The van der Waals surface area contributed by atoms with E-state index in [4.69, 9.17) is 4.42 Å². The van der Waals surface area contributed by atoms with Crippen LogP contribution in [0.5, 0.6) is 5.75 Å². The second-order valence-corrected chi connectivity index (χ2v) is 12.1. The summed E-state index contributed by atoms with van der Waals surface area (Å²) < 4.78 is 117. The highest BCUT2D eigenvalue weighted by molar-refractivity contribution is 7.90. The fraction of sp³-hybridized carbons (Fsp3) is 0.200. The summed E-state index contributed by atoms with van der Waals surface area (Å²) in [5.41, 5.74) is 0.294. The predicted octanol–water partition coefficient (Wildman–Crippen LogP) is 7.21. The molecule has 0 radical (unpaired) electrons. The molecular formula is C30H23F6N3O5S. The van der Waals surface area contributed by atoms with Crippen molar-refractivity contribution < 1.29 is 49.0 Å². The highest BCUT2D eigenvalue weighted by Gasteiger charge is 2.31. The van der Waals surface area contributed by atoms with Gasteiger partial charge < -0.3 is 14.3 Å². The zero-order valence-corrected chi connectivity index (χ0v) is 24.5. The molecule has 0 spiro atoms. The van der Waals surface area contributed by atoms with Crippen LogP contribution in [-0.2, 0) is 22.4 Å². The Kier molecular flexibility index (Phi) is 8.04. The Morgan fingerprint density at radius 2 is 1.62 bits per heavy atom. The van der Waals surface area contributed by atoms with Crippen molar-refractivity contribution in [2.75, 3.05) is 6.26 Å². The van der Waals surface area contributed by atoms with Gasteiger partial charge in [-0.05, 0) is 65.7 Å². The van der Waals surface area contributed by atoms with E-state index in [2.05, 4.69) is 14.8 Å². The lowest BCUT2D eigenvalue weighted by atomic mass is 9.97. The summed E-state index contributed by atoms with van der Waals surface area (Å²) in [5, 5.41) is 13.6. The molecule has 0 aliphatic rings. The van der Waals surface area contributed by atoms with Gasteiger partial charge in [0.05, 0.1) is 17.2 Å². The maximum Gasteiger partial charge on any atom is 0.573 e. The Bertz CT molecular complexity index is 2000. The first-order valence-electron chi connectivity index (χ1n) is 13.0. The van der Waals surface area contributed by atoms with Gasteiger partial charge in [0.15, 0.2) is 21.5 Å². The Morgan fingerprint density at radius 3 is 2.20 bits per heavy atom. The summed E-state index contributed by atoms with van der Waals surface area (Å²) in [5.74, 6) is -4.48. The van der Waals surface area contributed by atoms with Gasteiger partial charge in [-0.15, -0.1) is 13.2 Å². The number of rotatable bonds is 8. The molecule has 0 aliphatic carbocycles. The molecule has 0 saturated carbocycles. The number of nitrogens with zero attached hydrogens (tertiary/aromatic N) is 3. The number of hydrogen-bond donors (Lipinski definition) is 1. The van der Waals surface area contributed by atoms with Gasteiger partial charge in [-0.1, -0.05) is 6.07 Å². The van der Waals surface area contributed by atoms with Crippen LogP contribution in [0.25, 0.3) is 39.4 Å². The molecule has 0 amide bonds. The van der Waals surface area contributed by atoms with Crippen LogP contribution in [0.3, 0.4) is 0 Å². The number of alkyl halides is 5. The Morgan fingerprint density at radius 1 is 0.956 bits per heavy atom. The van der Waals surface area contributed by atoms with Crippen molar-refractivity contribution in [3.63, 3.8) is 0 Å². The van der Waals surface area contributed by atoms with Crippen LogP contribution < -0.4 is 4.74 Å². The lowest BCUT2D eigenvalue weighted by molar-refractivity contribution is -0.274. The standard InChI is InChI=1S/C30H23F6N3O5S/c1-16-37-27(28(43-16)17-4-7-20(8-5-17)44-30(34,35)36)21-12-18(6-9-24(21)39-11-10-26(38-39)29(2,32)33)19-13-23(31)22(15-40)25(14-19)45(3,41)42/h4-14,40H,15H2,1-3H3. The number of hydrogen-bond acceptors (Lipinski definition) is 7. The van der Waals surface area contributed by atoms with E-state index in [1.807, 2.05) is 0 Å². The monoisotopic (exact) mass is 651 g/mol. The number of aliphatic hydroxyl groups is 1. The first-order valence-corrected chi connectivity index (χ1v) is 14.9. The van der Waals surface area contributed by atoms with E-state index < -0.39 is 56.4 Å². The largest absolute Gasteiger partial charge is 0.573 e. The van der Waals surface area contributed by atoms with Gasteiger partial charge >= 0.3 is 6.36 Å². The van der Waals surface area contributed by atoms with Gasteiger partial charge in [0.2, 0.25) is 0 Å². The summed E-state index contributed by atoms with van der Waals surface area (Å²) in [7, 11) is -3.97. The molecule has 0 fully saturated rings. The fourth-order valence-corrected chi connectivity index (χ4v) is 5.62. The molecule has 8 nitrogen and oxygen atoms in total. The van der Waals surface area contributed by atoms with Crippen molar-refractivity contribution >= 4 is 9.84 Å². The first-order chi connectivity index (χ1) is 20.9. The maximum absolute atomic E-state index is 15.0. The average Bonchev–Trinajstić information content (AvgIpc) is 3.59. The molecule has 0 saturated heterocycles. The first kappa shape index (κ1) is 31.8. The molecule has 1 N–H and O–H groups in total. The minimum Gasteiger partial charge on any atom is -0.440 e. The third-order valence-electron chi connectivity index (χ3n) is 6.67. The lowest BCUT2D eigenvalue weighted by Crippen LogP contribution is -2.16. The van der Waals surface area contributed by atoms with Crippen LogP contribution in [0.2, 0.25) is 0 Å². The Labute approximate surface area is 252 Å². The minimum absolute atomic E-state index is 0.0938. The molecule has 2 heterocycles. The molecule has 0 bridgehead atoms. The number of ether oxygens (including phenoxy) is 1. The van der Waals surface area contributed by atoms with Crippen molar-refractivity contribution in [2.45, 2.75) is 37.6 Å².